The Kier molecular flexibility index (Phi) is 5.07. The number of amides is 1. The molecule has 0 unspecified atom stereocenters. The van der Waals surface area contributed by atoms with Gasteiger partial charge in [0.2, 0.25) is 5.91 Å². The standard InChI is InChI=1S/C24H27F3N2O/c1-15-12-17-14-29(19-6-4-18(5-7-19)24(25,26)27)11-8-20(17)16(2)22(15)28-21(30)13-23(3)9-10-23/h4-7,12H,8-11,13-14H2,1-3H3,(H,28,30). The van der Waals surface area contributed by atoms with E-state index in [-0.39, 0.29) is 11.3 Å². The number of nitrogens with one attached hydrogen (secondary N) is 1. The van der Waals surface area contributed by atoms with Gasteiger partial charge in [-0.2, -0.15) is 13.2 Å². The van der Waals surface area contributed by atoms with E-state index in [4.69, 9.17) is 0 Å². The zero-order valence-corrected chi connectivity index (χ0v) is 17.6. The van der Waals surface area contributed by atoms with Crippen LogP contribution in [-0.4, -0.2) is 12.5 Å². The predicted octanol–water partition coefficient (Wildman–Crippen LogP) is 6.01. The highest BCUT2D eigenvalue weighted by Crippen LogP contribution is 2.48. The molecule has 160 valence electrons. The van der Waals surface area contributed by atoms with Crippen molar-refractivity contribution in [3.05, 3.63) is 58.1 Å². The van der Waals surface area contributed by atoms with Gasteiger partial charge in [0.25, 0.3) is 0 Å². The summed E-state index contributed by atoms with van der Waals surface area (Å²) in [5, 5.41) is 3.13. The third kappa shape index (κ3) is 4.18. The maximum atomic E-state index is 12.8. The first-order valence-corrected chi connectivity index (χ1v) is 10.4. The van der Waals surface area contributed by atoms with Gasteiger partial charge in [0, 0.05) is 30.9 Å². The summed E-state index contributed by atoms with van der Waals surface area (Å²) < 4.78 is 38.5. The monoisotopic (exact) mass is 416 g/mol. The number of nitrogens with zero attached hydrogens (tertiary/aromatic N) is 1. The molecule has 1 N–H and O–H groups in total. The summed E-state index contributed by atoms with van der Waals surface area (Å²) in [5.41, 5.74) is 5.77. The van der Waals surface area contributed by atoms with Gasteiger partial charge in [-0.05, 0) is 85.0 Å². The summed E-state index contributed by atoms with van der Waals surface area (Å²) >= 11 is 0. The molecule has 1 aliphatic heterocycles. The second-order valence-corrected chi connectivity index (χ2v) is 9.08. The molecule has 1 heterocycles. The van der Waals surface area contributed by atoms with Gasteiger partial charge in [-0.1, -0.05) is 13.0 Å². The van der Waals surface area contributed by atoms with Crippen LogP contribution in [0.1, 0.15) is 54.0 Å². The zero-order chi connectivity index (χ0) is 21.7. The lowest BCUT2D eigenvalue weighted by Gasteiger charge is -2.33. The van der Waals surface area contributed by atoms with E-state index in [1.807, 2.05) is 13.8 Å². The summed E-state index contributed by atoms with van der Waals surface area (Å²) in [6.45, 7) is 7.57. The molecule has 3 nitrogen and oxygen atoms in total. The highest BCUT2D eigenvalue weighted by atomic mass is 19.4. The molecule has 2 aliphatic rings. The molecule has 0 spiro atoms. The van der Waals surface area contributed by atoms with Crippen LogP contribution in [0, 0.1) is 19.3 Å². The van der Waals surface area contributed by atoms with Crippen LogP contribution in [0.25, 0.3) is 0 Å². The summed E-state index contributed by atoms with van der Waals surface area (Å²) in [6.07, 6.45) is -0.739. The van der Waals surface area contributed by atoms with Crippen LogP contribution in [0.5, 0.6) is 0 Å². The number of alkyl halides is 3. The van der Waals surface area contributed by atoms with E-state index in [2.05, 4.69) is 23.2 Å². The molecule has 2 aromatic rings. The van der Waals surface area contributed by atoms with Gasteiger partial charge in [-0.3, -0.25) is 4.79 Å². The maximum Gasteiger partial charge on any atom is 0.416 e. The van der Waals surface area contributed by atoms with Crippen molar-refractivity contribution in [3.63, 3.8) is 0 Å². The van der Waals surface area contributed by atoms with Gasteiger partial charge >= 0.3 is 6.18 Å². The lowest BCUT2D eigenvalue weighted by molar-refractivity contribution is -0.137. The van der Waals surface area contributed by atoms with Gasteiger partial charge in [0.1, 0.15) is 0 Å². The van der Waals surface area contributed by atoms with E-state index in [9.17, 15) is 18.0 Å². The summed E-state index contributed by atoms with van der Waals surface area (Å²) in [6, 6.07) is 7.47. The summed E-state index contributed by atoms with van der Waals surface area (Å²) in [5.74, 6) is 0.0725. The van der Waals surface area contributed by atoms with Crippen molar-refractivity contribution in [2.24, 2.45) is 5.41 Å². The van der Waals surface area contributed by atoms with Crippen molar-refractivity contribution in [1.82, 2.24) is 0 Å². The Morgan fingerprint density at radius 1 is 1.17 bits per heavy atom. The smallest absolute Gasteiger partial charge is 0.367 e. The molecule has 1 aliphatic carbocycles. The number of benzene rings is 2. The number of rotatable bonds is 4. The van der Waals surface area contributed by atoms with Gasteiger partial charge in [-0.25, -0.2) is 0 Å². The second kappa shape index (κ2) is 7.33. The lowest BCUT2D eigenvalue weighted by Crippen LogP contribution is -2.31. The van der Waals surface area contributed by atoms with E-state index in [0.29, 0.717) is 13.0 Å². The molecule has 6 heteroatoms. The number of aryl methyl sites for hydroxylation is 1. The van der Waals surface area contributed by atoms with Gasteiger partial charge in [-0.15, -0.1) is 0 Å². The van der Waals surface area contributed by atoms with E-state index in [1.54, 1.807) is 12.1 Å². The van der Waals surface area contributed by atoms with Crippen LogP contribution in [0.4, 0.5) is 24.5 Å². The largest absolute Gasteiger partial charge is 0.416 e. The van der Waals surface area contributed by atoms with E-state index < -0.39 is 11.7 Å². The molecular formula is C24H27F3N2O. The minimum atomic E-state index is -4.32. The fourth-order valence-electron chi connectivity index (χ4n) is 4.36. The van der Waals surface area contributed by atoms with Crippen molar-refractivity contribution in [3.8, 4) is 0 Å². The molecule has 1 fully saturated rings. The fourth-order valence-corrected chi connectivity index (χ4v) is 4.36. The SMILES string of the molecule is Cc1cc2c(c(C)c1NC(=O)CC1(C)CC1)CCN(c1ccc(C(F)(F)F)cc1)C2. The van der Waals surface area contributed by atoms with Crippen LogP contribution < -0.4 is 10.2 Å². The van der Waals surface area contributed by atoms with E-state index in [0.717, 1.165) is 60.4 Å². The predicted molar refractivity (Wildman–Crippen MR) is 113 cm³/mol. The average Bonchev–Trinajstić information content (AvgIpc) is 3.40. The van der Waals surface area contributed by atoms with Crippen molar-refractivity contribution >= 4 is 17.3 Å². The number of carbonyl (C=O) groups excluding carboxylic acids is 1. The molecule has 0 saturated heterocycles. The third-order valence-corrected chi connectivity index (χ3v) is 6.51. The first kappa shape index (κ1) is 20.8. The minimum Gasteiger partial charge on any atom is -0.367 e. The highest BCUT2D eigenvalue weighted by molar-refractivity contribution is 5.93. The fraction of sp³-hybridized carbons (Fsp3) is 0.458. The Morgan fingerprint density at radius 2 is 1.83 bits per heavy atom. The normalized spacial score (nSPS) is 17.5. The second-order valence-electron chi connectivity index (χ2n) is 9.08. The summed E-state index contributed by atoms with van der Waals surface area (Å²) in [7, 11) is 0. The minimum absolute atomic E-state index is 0.0725. The number of carbonyl (C=O) groups is 1. The Bertz CT molecular complexity index is 975. The number of halogens is 3. The first-order valence-electron chi connectivity index (χ1n) is 10.4. The van der Waals surface area contributed by atoms with Crippen molar-refractivity contribution in [1.29, 1.82) is 0 Å². The van der Waals surface area contributed by atoms with Crippen LogP contribution in [0.15, 0.2) is 30.3 Å². The molecular weight excluding hydrogens is 389 g/mol. The zero-order valence-electron chi connectivity index (χ0n) is 17.6. The number of anilines is 2. The highest BCUT2D eigenvalue weighted by Gasteiger charge is 2.39. The van der Waals surface area contributed by atoms with E-state index >= 15 is 0 Å². The van der Waals surface area contributed by atoms with Crippen LogP contribution in [0.3, 0.4) is 0 Å². The first-order chi connectivity index (χ1) is 14.1. The van der Waals surface area contributed by atoms with Gasteiger partial charge in [0.15, 0.2) is 0 Å². The molecule has 0 atom stereocenters. The van der Waals surface area contributed by atoms with Crippen molar-refractivity contribution < 1.29 is 18.0 Å². The Balaban J connectivity index is 1.52. The molecule has 2 aromatic carbocycles. The summed E-state index contributed by atoms with van der Waals surface area (Å²) in [4.78, 5) is 14.6. The number of fused-ring (bicyclic) bond motifs is 1. The molecule has 0 radical (unpaired) electrons. The third-order valence-electron chi connectivity index (χ3n) is 6.51. The maximum absolute atomic E-state index is 12.8. The van der Waals surface area contributed by atoms with Gasteiger partial charge in [0.05, 0.1) is 5.56 Å². The molecule has 1 amide bonds. The van der Waals surface area contributed by atoms with Gasteiger partial charge < -0.3 is 10.2 Å². The molecule has 4 rings (SSSR count). The van der Waals surface area contributed by atoms with E-state index in [1.165, 1.54) is 11.1 Å². The topological polar surface area (TPSA) is 32.3 Å². The average molecular weight is 416 g/mol. The lowest BCUT2D eigenvalue weighted by atomic mass is 9.91. The number of hydrogen-bond donors (Lipinski definition) is 1. The molecule has 1 saturated carbocycles. The number of hydrogen-bond acceptors (Lipinski definition) is 2. The quantitative estimate of drug-likeness (QED) is 0.662. The van der Waals surface area contributed by atoms with Crippen LogP contribution in [0.2, 0.25) is 0 Å². The Morgan fingerprint density at radius 3 is 2.43 bits per heavy atom. The van der Waals surface area contributed by atoms with Crippen molar-refractivity contribution in [2.75, 3.05) is 16.8 Å². The molecule has 0 bridgehead atoms. The molecule has 30 heavy (non-hydrogen) atoms. The molecule has 0 aromatic heterocycles. The Hall–Kier alpha value is -2.50. The Labute approximate surface area is 175 Å². The van der Waals surface area contributed by atoms with Crippen molar-refractivity contribution in [2.45, 2.75) is 59.2 Å². The van der Waals surface area contributed by atoms with Crippen LogP contribution >= 0.6 is 0 Å². The van der Waals surface area contributed by atoms with Crippen LogP contribution in [-0.2, 0) is 23.9 Å².